The Labute approximate surface area is 444 Å². The maximum atomic E-state index is 14.8. The molecule has 0 radical (unpaired) electrons. The quantitative estimate of drug-likeness (QED) is 0.0660. The third-order valence-electron chi connectivity index (χ3n) is 21.7. The molecule has 0 amide bonds. The van der Waals surface area contributed by atoms with Crippen molar-refractivity contribution in [2.75, 3.05) is 19.8 Å². The summed E-state index contributed by atoms with van der Waals surface area (Å²) >= 11 is 0. The van der Waals surface area contributed by atoms with Crippen LogP contribution in [0.15, 0.2) is 11.6 Å². The first-order valence-corrected chi connectivity index (χ1v) is 27.8. The number of carbonyl (C=O) groups excluding carboxylic acids is 1. The largest absolute Gasteiger partial charge is 0.432 e. The number of hydrogen-bond donors (Lipinski definition) is 13. The minimum absolute atomic E-state index is 0.0897. The Morgan fingerprint density at radius 1 is 0.553 bits per heavy atom. The summed E-state index contributed by atoms with van der Waals surface area (Å²) in [7, 11) is 0. The number of allylic oxidation sites excluding steroid dienone is 2. The minimum atomic E-state index is -1.87. The van der Waals surface area contributed by atoms with Crippen molar-refractivity contribution in [3.63, 3.8) is 0 Å². The van der Waals surface area contributed by atoms with E-state index in [1.807, 2.05) is 0 Å². The lowest BCUT2D eigenvalue weighted by Crippen LogP contribution is -2.68. The predicted molar refractivity (Wildman–Crippen MR) is 261 cm³/mol. The van der Waals surface area contributed by atoms with Crippen LogP contribution in [0.5, 0.6) is 0 Å². The molecule has 0 aromatic heterocycles. The topological polar surface area (TPSA) is 354 Å². The lowest BCUT2D eigenvalue weighted by molar-refractivity contribution is -0.397. The smallest absolute Gasteiger partial charge is 0.315 e. The van der Waals surface area contributed by atoms with Gasteiger partial charge in [-0.2, -0.15) is 0 Å². The number of rotatable bonds is 11. The van der Waals surface area contributed by atoms with Gasteiger partial charge in [0.15, 0.2) is 18.9 Å². The van der Waals surface area contributed by atoms with Crippen molar-refractivity contribution in [3.8, 4) is 0 Å². The molecule has 8 fully saturated rings. The lowest BCUT2D eigenvalue weighted by Gasteiger charge is -2.71. The van der Waals surface area contributed by atoms with Crippen molar-refractivity contribution >= 4 is 5.97 Å². The molecular formula is C54H88O22. The van der Waals surface area contributed by atoms with Crippen molar-refractivity contribution in [3.05, 3.63) is 11.6 Å². The fourth-order valence-corrected chi connectivity index (χ4v) is 16.7. The van der Waals surface area contributed by atoms with Gasteiger partial charge in [-0.25, -0.2) is 0 Å². The highest BCUT2D eigenvalue weighted by molar-refractivity contribution is 5.79. The highest BCUT2D eigenvalue weighted by atomic mass is 16.8. The summed E-state index contributed by atoms with van der Waals surface area (Å²) in [6.45, 7) is 15.2. The van der Waals surface area contributed by atoms with Gasteiger partial charge >= 0.3 is 5.97 Å². The van der Waals surface area contributed by atoms with Crippen LogP contribution in [0.2, 0.25) is 0 Å². The molecule has 0 aromatic carbocycles. The molecule has 4 heterocycles. The van der Waals surface area contributed by atoms with Crippen LogP contribution < -0.4 is 0 Å². The Kier molecular flexibility index (Phi) is 16.8. The van der Waals surface area contributed by atoms with Gasteiger partial charge in [0.05, 0.1) is 37.4 Å². The van der Waals surface area contributed by atoms with Gasteiger partial charge in [-0.1, -0.05) is 60.1 Å². The molecule has 0 bridgehead atoms. The van der Waals surface area contributed by atoms with Gasteiger partial charge in [0.1, 0.15) is 91.6 Å². The molecule has 22 heteroatoms. The average molecular weight is 1090 g/mol. The summed E-state index contributed by atoms with van der Waals surface area (Å²) < 4.78 is 48.7. The molecular weight excluding hydrogens is 1000 g/mol. The predicted octanol–water partition coefficient (Wildman–Crippen LogP) is -1.15. The minimum Gasteiger partial charge on any atom is -0.432 e. The second-order valence-corrected chi connectivity index (χ2v) is 25.7. The summed E-state index contributed by atoms with van der Waals surface area (Å²) in [5.41, 5.74) is -0.981. The van der Waals surface area contributed by atoms with E-state index < -0.39 is 166 Å². The first kappa shape index (κ1) is 59.0. The number of esters is 1. The maximum Gasteiger partial charge on any atom is 0.315 e. The van der Waals surface area contributed by atoms with Crippen LogP contribution in [-0.2, 0) is 42.7 Å². The van der Waals surface area contributed by atoms with E-state index in [1.165, 1.54) is 12.5 Å². The molecule has 4 saturated carbocycles. The number of carbonyl (C=O) groups is 1. The van der Waals surface area contributed by atoms with E-state index >= 15 is 0 Å². The summed E-state index contributed by atoms with van der Waals surface area (Å²) in [6.07, 6.45) is -23.8. The van der Waals surface area contributed by atoms with Crippen LogP contribution in [0, 0.1) is 56.7 Å². The number of aliphatic hydroxyl groups excluding tert-OH is 13. The fourth-order valence-electron chi connectivity index (χ4n) is 16.7. The lowest BCUT2D eigenvalue weighted by atomic mass is 9.33. The second-order valence-electron chi connectivity index (χ2n) is 25.7. The Morgan fingerprint density at radius 3 is 1.67 bits per heavy atom. The monoisotopic (exact) mass is 1090 g/mol. The zero-order valence-corrected chi connectivity index (χ0v) is 45.1. The Morgan fingerprint density at radius 2 is 1.08 bits per heavy atom. The van der Waals surface area contributed by atoms with Gasteiger partial charge < -0.3 is 104 Å². The van der Waals surface area contributed by atoms with E-state index in [9.17, 15) is 71.2 Å². The normalized spacial score (nSPS) is 55.2. The Balaban J connectivity index is 0.965. The summed E-state index contributed by atoms with van der Waals surface area (Å²) in [5, 5.41) is 139. The van der Waals surface area contributed by atoms with Crippen LogP contribution in [0.4, 0.5) is 0 Å². The van der Waals surface area contributed by atoms with E-state index in [0.29, 0.717) is 31.6 Å². The Hall–Kier alpha value is -1.59. The van der Waals surface area contributed by atoms with Gasteiger partial charge in [-0.3, -0.25) is 4.79 Å². The summed E-state index contributed by atoms with van der Waals surface area (Å²) in [6, 6.07) is 0. The van der Waals surface area contributed by atoms with E-state index in [1.54, 1.807) is 0 Å². The molecule has 4 saturated heterocycles. The first-order valence-electron chi connectivity index (χ1n) is 27.8. The van der Waals surface area contributed by atoms with Gasteiger partial charge in [0.25, 0.3) is 0 Å². The van der Waals surface area contributed by atoms with Crippen LogP contribution >= 0.6 is 0 Å². The SMILES string of the molecule is C[C@H]1[C@H](C)CC[C@]2(C(=O)O[C@@H]3O[C@H](CO)[C@@H](O)[C@H](O)[C@H]3O)CC[C@]3(C)C(=CC[C@@H]4[C@@]5(C)CC[C@H](O[C@@H]6O[C@H](CO)[C@@H](O)[C@H](O)[C@H]6O[C@@H]6O[C@H](CO)[C@@H](O)[C@H](O)[C@H]6O[C@@H]6O[C@@H](C)[C@H](O)[C@@H](O)[C@H]6O)C(C)(C)[C@@H]5CC[C@]43C)[C@H]12. The number of ether oxygens (including phenoxy) is 8. The van der Waals surface area contributed by atoms with E-state index in [0.717, 1.165) is 32.1 Å². The van der Waals surface area contributed by atoms with E-state index in [4.69, 9.17) is 37.9 Å². The zero-order valence-electron chi connectivity index (χ0n) is 45.1. The highest BCUT2D eigenvalue weighted by Crippen LogP contribution is 2.76. The molecule has 9 rings (SSSR count). The third-order valence-corrected chi connectivity index (χ3v) is 21.7. The summed E-state index contributed by atoms with van der Waals surface area (Å²) in [5.74, 6) is 0.00339. The maximum absolute atomic E-state index is 14.8. The summed E-state index contributed by atoms with van der Waals surface area (Å²) in [4.78, 5) is 14.8. The van der Waals surface area contributed by atoms with E-state index in [2.05, 4.69) is 54.5 Å². The average Bonchev–Trinajstić information content (AvgIpc) is 3.47. The molecule has 5 aliphatic carbocycles. The number of fused-ring (bicyclic) bond motifs is 7. The van der Waals surface area contributed by atoms with Crippen LogP contribution in [0.3, 0.4) is 0 Å². The molecule has 9 aliphatic rings. The van der Waals surface area contributed by atoms with Crippen molar-refractivity contribution in [2.24, 2.45) is 56.7 Å². The molecule has 436 valence electrons. The Bertz CT molecular complexity index is 2080. The molecule has 13 N–H and O–H groups in total. The van der Waals surface area contributed by atoms with Crippen LogP contribution in [-0.4, -0.2) is 221 Å². The van der Waals surface area contributed by atoms with Gasteiger partial charge in [-0.05, 0) is 116 Å². The van der Waals surface area contributed by atoms with Crippen molar-refractivity contribution in [1.29, 1.82) is 0 Å². The molecule has 0 unspecified atom stereocenters. The molecule has 76 heavy (non-hydrogen) atoms. The molecule has 22 nitrogen and oxygen atoms in total. The number of hydrogen-bond acceptors (Lipinski definition) is 22. The van der Waals surface area contributed by atoms with Gasteiger partial charge in [0.2, 0.25) is 6.29 Å². The molecule has 4 aliphatic heterocycles. The molecule has 0 spiro atoms. The molecule has 0 aromatic rings. The fraction of sp³-hybridized carbons (Fsp3) is 0.944. The standard InChI is InChI=1S/C54H88O22/c1-22-11-16-54(49(68)76-46-42(67)38(63)34(59)26(19-55)70-46)18-17-52(7)25(32(54)23(22)2)9-10-30-51(6)14-13-31(50(4,5)29(51)12-15-53(30,52)8)73-47-43(39(64)35(60)27(20-56)71-47)75-48-44(40(65)36(61)28(21-57)72-48)74-45-41(66)37(62)33(58)24(3)69-45/h9,22-24,26-48,55-67H,10-21H2,1-8H3/t22-,23+,24+,26-,27-,28-,29+,30-,31+,32+,33+,34-,35-,36-,37-,38+,39+,40+,41-,42-,43-,44-,45+,46+,47+,48+,51+,52-,53-,54+/m1/s1. The zero-order chi connectivity index (χ0) is 55.5. The number of aliphatic hydroxyl groups is 13. The second kappa shape index (κ2) is 21.6. The van der Waals surface area contributed by atoms with Gasteiger partial charge in [-0.15, -0.1) is 0 Å². The molecule has 30 atom stereocenters. The van der Waals surface area contributed by atoms with Crippen molar-refractivity contribution in [1.82, 2.24) is 0 Å². The van der Waals surface area contributed by atoms with Crippen molar-refractivity contribution < 1.29 is 109 Å². The van der Waals surface area contributed by atoms with Crippen LogP contribution in [0.1, 0.15) is 113 Å². The van der Waals surface area contributed by atoms with Crippen molar-refractivity contribution in [2.45, 2.75) is 242 Å². The highest BCUT2D eigenvalue weighted by Gasteiger charge is 2.71. The van der Waals surface area contributed by atoms with Crippen LogP contribution in [0.25, 0.3) is 0 Å². The first-order chi connectivity index (χ1) is 35.7. The van der Waals surface area contributed by atoms with Gasteiger partial charge in [0, 0.05) is 0 Å². The van der Waals surface area contributed by atoms with E-state index in [-0.39, 0.29) is 39.9 Å². The third kappa shape index (κ3) is 9.29.